The summed E-state index contributed by atoms with van der Waals surface area (Å²) in [5.41, 5.74) is 1.17. The Hall–Kier alpha value is -1.81. The van der Waals surface area contributed by atoms with Crippen molar-refractivity contribution >= 4 is 17.4 Å². The summed E-state index contributed by atoms with van der Waals surface area (Å²) in [5.74, 6) is 1.65. The molecule has 5 heteroatoms. The van der Waals surface area contributed by atoms with E-state index in [-0.39, 0.29) is 5.28 Å². The Morgan fingerprint density at radius 2 is 1.94 bits per heavy atom. The minimum atomic E-state index is 0.258. The van der Waals surface area contributed by atoms with Crippen molar-refractivity contribution < 1.29 is 4.74 Å². The van der Waals surface area contributed by atoms with Crippen LogP contribution in [-0.2, 0) is 6.54 Å². The van der Waals surface area contributed by atoms with Crippen molar-refractivity contribution in [3.05, 3.63) is 47.4 Å². The number of benzene rings is 1. The Labute approximate surface area is 111 Å². The minimum absolute atomic E-state index is 0.258. The van der Waals surface area contributed by atoms with E-state index in [9.17, 15) is 0 Å². The Bertz CT molecular complexity index is 516. The van der Waals surface area contributed by atoms with Gasteiger partial charge in [-0.1, -0.05) is 12.1 Å². The molecular formula is C13H14ClN3O. The summed E-state index contributed by atoms with van der Waals surface area (Å²) in [6, 6.07) is 9.76. The Balaban J connectivity index is 2.08. The summed E-state index contributed by atoms with van der Waals surface area (Å²) in [6.07, 6.45) is 1.65. The summed E-state index contributed by atoms with van der Waals surface area (Å²) < 4.78 is 5.12. The average Bonchev–Trinajstić information content (AvgIpc) is 2.39. The highest BCUT2D eigenvalue weighted by atomic mass is 35.5. The fraction of sp³-hybridized carbons (Fsp3) is 0.231. The predicted molar refractivity (Wildman–Crippen MR) is 72.1 cm³/mol. The summed E-state index contributed by atoms with van der Waals surface area (Å²) >= 11 is 5.77. The highest BCUT2D eigenvalue weighted by Crippen LogP contribution is 2.16. The molecule has 94 valence electrons. The number of nitrogens with zero attached hydrogens (tertiary/aromatic N) is 3. The summed E-state index contributed by atoms with van der Waals surface area (Å²) in [6.45, 7) is 0.747. The number of hydrogen-bond donors (Lipinski definition) is 0. The monoisotopic (exact) mass is 263 g/mol. The largest absolute Gasteiger partial charge is 0.497 e. The van der Waals surface area contributed by atoms with E-state index in [1.165, 1.54) is 5.56 Å². The van der Waals surface area contributed by atoms with E-state index in [4.69, 9.17) is 16.3 Å². The molecule has 0 atom stereocenters. The number of aromatic nitrogens is 2. The molecule has 0 spiro atoms. The smallest absolute Gasteiger partial charge is 0.224 e. The molecule has 0 aliphatic rings. The molecule has 0 N–H and O–H groups in total. The van der Waals surface area contributed by atoms with E-state index in [1.54, 1.807) is 13.3 Å². The maximum atomic E-state index is 5.77. The van der Waals surface area contributed by atoms with Crippen LogP contribution in [0.15, 0.2) is 36.5 Å². The highest BCUT2D eigenvalue weighted by Gasteiger charge is 2.04. The van der Waals surface area contributed by atoms with Gasteiger partial charge in [-0.3, -0.25) is 0 Å². The summed E-state index contributed by atoms with van der Waals surface area (Å²) in [7, 11) is 3.62. The first-order chi connectivity index (χ1) is 8.69. The first-order valence-corrected chi connectivity index (χ1v) is 5.89. The quantitative estimate of drug-likeness (QED) is 0.795. The van der Waals surface area contributed by atoms with Gasteiger partial charge >= 0.3 is 0 Å². The second-order valence-corrected chi connectivity index (χ2v) is 4.23. The van der Waals surface area contributed by atoms with Crippen molar-refractivity contribution in [2.75, 3.05) is 19.1 Å². The van der Waals surface area contributed by atoms with E-state index < -0.39 is 0 Å². The molecule has 0 unspecified atom stereocenters. The molecule has 0 saturated heterocycles. The lowest BCUT2D eigenvalue weighted by Crippen LogP contribution is -2.17. The number of methoxy groups -OCH3 is 1. The number of hydrogen-bond acceptors (Lipinski definition) is 4. The van der Waals surface area contributed by atoms with Crippen molar-refractivity contribution in [1.29, 1.82) is 0 Å². The summed E-state index contributed by atoms with van der Waals surface area (Å²) in [4.78, 5) is 10.0. The summed E-state index contributed by atoms with van der Waals surface area (Å²) in [5, 5.41) is 0.258. The lowest BCUT2D eigenvalue weighted by atomic mass is 10.2. The topological polar surface area (TPSA) is 38.2 Å². The molecule has 1 aromatic carbocycles. The van der Waals surface area contributed by atoms with Crippen molar-refractivity contribution in [3.8, 4) is 5.75 Å². The lowest BCUT2D eigenvalue weighted by molar-refractivity contribution is 0.414. The van der Waals surface area contributed by atoms with E-state index in [1.807, 2.05) is 42.3 Å². The lowest BCUT2D eigenvalue weighted by Gasteiger charge is -2.18. The van der Waals surface area contributed by atoms with Gasteiger partial charge in [-0.05, 0) is 35.4 Å². The maximum Gasteiger partial charge on any atom is 0.224 e. The molecular weight excluding hydrogens is 250 g/mol. The third-order valence-corrected chi connectivity index (χ3v) is 2.76. The van der Waals surface area contributed by atoms with Crippen molar-refractivity contribution in [1.82, 2.24) is 9.97 Å². The molecule has 0 saturated carbocycles. The first-order valence-electron chi connectivity index (χ1n) is 5.51. The fourth-order valence-corrected chi connectivity index (χ4v) is 1.77. The van der Waals surface area contributed by atoms with Crippen molar-refractivity contribution in [2.45, 2.75) is 6.54 Å². The molecule has 1 aromatic heterocycles. The minimum Gasteiger partial charge on any atom is -0.497 e. The number of anilines is 1. The molecule has 0 bridgehead atoms. The van der Waals surface area contributed by atoms with Gasteiger partial charge < -0.3 is 9.64 Å². The van der Waals surface area contributed by atoms with Crippen LogP contribution in [0.2, 0.25) is 5.28 Å². The second-order valence-electron chi connectivity index (χ2n) is 3.89. The van der Waals surface area contributed by atoms with Gasteiger partial charge in [0.2, 0.25) is 5.28 Å². The SMILES string of the molecule is COc1ccc(CN(C)c2ccnc(Cl)n2)cc1. The molecule has 1 heterocycles. The zero-order valence-corrected chi connectivity index (χ0v) is 11.1. The fourth-order valence-electron chi connectivity index (χ4n) is 1.62. The van der Waals surface area contributed by atoms with Gasteiger partial charge in [0, 0.05) is 19.8 Å². The third kappa shape index (κ3) is 3.11. The first kappa shape index (κ1) is 12.6. The van der Waals surface area contributed by atoms with Crippen LogP contribution in [0, 0.1) is 0 Å². The van der Waals surface area contributed by atoms with E-state index in [0.29, 0.717) is 0 Å². The average molecular weight is 264 g/mol. The standard InChI is InChI=1S/C13H14ClN3O/c1-17(12-7-8-15-13(14)16-12)9-10-3-5-11(18-2)6-4-10/h3-8H,9H2,1-2H3. The van der Waals surface area contributed by atoms with Crippen LogP contribution in [0.4, 0.5) is 5.82 Å². The Morgan fingerprint density at radius 3 is 2.56 bits per heavy atom. The second kappa shape index (κ2) is 5.69. The molecule has 0 aliphatic heterocycles. The third-order valence-electron chi connectivity index (χ3n) is 2.58. The predicted octanol–water partition coefficient (Wildman–Crippen LogP) is 2.78. The highest BCUT2D eigenvalue weighted by molar-refractivity contribution is 6.28. The van der Waals surface area contributed by atoms with Crippen molar-refractivity contribution in [3.63, 3.8) is 0 Å². The van der Waals surface area contributed by atoms with Crippen LogP contribution in [0.25, 0.3) is 0 Å². The number of rotatable bonds is 4. The Kier molecular flexibility index (Phi) is 3.99. The molecule has 0 amide bonds. The van der Waals surface area contributed by atoms with Crippen LogP contribution >= 0.6 is 11.6 Å². The molecule has 0 radical (unpaired) electrons. The van der Waals surface area contributed by atoms with Gasteiger partial charge in [0.1, 0.15) is 11.6 Å². The molecule has 18 heavy (non-hydrogen) atoms. The number of halogens is 1. The van der Waals surface area contributed by atoms with E-state index in [2.05, 4.69) is 9.97 Å². The maximum absolute atomic E-state index is 5.77. The van der Waals surface area contributed by atoms with Gasteiger partial charge in [-0.25, -0.2) is 9.97 Å². The van der Waals surface area contributed by atoms with Gasteiger partial charge in [0.25, 0.3) is 0 Å². The van der Waals surface area contributed by atoms with Crippen LogP contribution in [-0.4, -0.2) is 24.1 Å². The van der Waals surface area contributed by atoms with E-state index in [0.717, 1.165) is 18.1 Å². The van der Waals surface area contributed by atoms with Crippen LogP contribution in [0.3, 0.4) is 0 Å². The zero-order valence-electron chi connectivity index (χ0n) is 10.3. The number of ether oxygens (including phenoxy) is 1. The zero-order chi connectivity index (χ0) is 13.0. The molecule has 0 aliphatic carbocycles. The van der Waals surface area contributed by atoms with Gasteiger partial charge in [-0.15, -0.1) is 0 Å². The van der Waals surface area contributed by atoms with Crippen LogP contribution in [0.1, 0.15) is 5.56 Å². The molecule has 2 aromatic rings. The molecule has 4 nitrogen and oxygen atoms in total. The Morgan fingerprint density at radius 1 is 1.22 bits per heavy atom. The molecule has 2 rings (SSSR count). The van der Waals surface area contributed by atoms with Gasteiger partial charge in [-0.2, -0.15) is 0 Å². The van der Waals surface area contributed by atoms with Crippen LogP contribution in [0.5, 0.6) is 5.75 Å². The van der Waals surface area contributed by atoms with E-state index >= 15 is 0 Å². The van der Waals surface area contributed by atoms with Gasteiger partial charge in [0.15, 0.2) is 0 Å². The molecule has 0 fully saturated rings. The normalized spacial score (nSPS) is 10.2. The van der Waals surface area contributed by atoms with Gasteiger partial charge in [0.05, 0.1) is 7.11 Å². The van der Waals surface area contributed by atoms with Crippen LogP contribution < -0.4 is 9.64 Å². The van der Waals surface area contributed by atoms with Crippen molar-refractivity contribution in [2.24, 2.45) is 0 Å².